The van der Waals surface area contributed by atoms with Gasteiger partial charge in [0.05, 0.1) is 18.4 Å². The molecule has 0 aliphatic carbocycles. The van der Waals surface area contributed by atoms with Crippen molar-refractivity contribution in [3.8, 4) is 0 Å². The summed E-state index contributed by atoms with van der Waals surface area (Å²) >= 11 is 0. The molecule has 0 bridgehead atoms. The molecule has 6 heteroatoms. The number of rotatable bonds is 2. The molecular formula is C12H18N2O4. The molecule has 0 spiro atoms. The highest BCUT2D eigenvalue weighted by Crippen LogP contribution is 2.28. The number of carbonyl (C=O) groups is 3. The zero-order valence-corrected chi connectivity index (χ0v) is 10.6. The third-order valence-electron chi connectivity index (χ3n) is 4.03. The lowest BCUT2D eigenvalue weighted by atomic mass is 9.90. The van der Waals surface area contributed by atoms with Gasteiger partial charge in [0.25, 0.3) is 0 Å². The molecule has 0 aromatic heterocycles. The summed E-state index contributed by atoms with van der Waals surface area (Å²) < 4.78 is 0. The van der Waals surface area contributed by atoms with E-state index in [1.54, 1.807) is 0 Å². The van der Waals surface area contributed by atoms with E-state index in [9.17, 15) is 14.4 Å². The highest BCUT2D eigenvalue weighted by Gasteiger charge is 2.43. The number of nitrogens with zero attached hydrogens (tertiary/aromatic N) is 2. The molecule has 2 fully saturated rings. The van der Waals surface area contributed by atoms with Crippen LogP contribution in [0.3, 0.4) is 0 Å². The molecule has 0 radical (unpaired) electrons. The number of piperidine rings is 1. The molecule has 2 heterocycles. The Morgan fingerprint density at radius 2 is 2.06 bits per heavy atom. The molecule has 2 amide bonds. The lowest BCUT2D eigenvalue weighted by molar-refractivity contribution is -0.144. The fourth-order valence-corrected chi connectivity index (χ4v) is 2.87. The molecule has 18 heavy (non-hydrogen) atoms. The summed E-state index contributed by atoms with van der Waals surface area (Å²) in [4.78, 5) is 37.5. The van der Waals surface area contributed by atoms with Crippen LogP contribution in [0.2, 0.25) is 0 Å². The van der Waals surface area contributed by atoms with E-state index in [0.29, 0.717) is 19.4 Å². The van der Waals surface area contributed by atoms with Crippen molar-refractivity contribution in [1.82, 2.24) is 9.80 Å². The number of hydrogen-bond donors (Lipinski definition) is 1. The number of carboxylic acid groups (broad SMARTS) is 1. The lowest BCUT2D eigenvalue weighted by Crippen LogP contribution is -2.50. The second-order valence-corrected chi connectivity index (χ2v) is 5.16. The van der Waals surface area contributed by atoms with Crippen LogP contribution < -0.4 is 0 Å². The highest BCUT2D eigenvalue weighted by molar-refractivity contribution is 6.05. The number of aliphatic carboxylic acids is 1. The van der Waals surface area contributed by atoms with Gasteiger partial charge < -0.3 is 5.11 Å². The molecule has 6 nitrogen and oxygen atoms in total. The van der Waals surface area contributed by atoms with Crippen LogP contribution in [-0.4, -0.2) is 58.4 Å². The Hall–Kier alpha value is -1.43. The number of imide groups is 1. The van der Waals surface area contributed by atoms with Gasteiger partial charge in [-0.3, -0.25) is 24.2 Å². The van der Waals surface area contributed by atoms with E-state index in [1.165, 1.54) is 11.9 Å². The van der Waals surface area contributed by atoms with Gasteiger partial charge in [-0.25, -0.2) is 0 Å². The molecule has 100 valence electrons. The van der Waals surface area contributed by atoms with Crippen LogP contribution in [0.4, 0.5) is 0 Å². The SMILES string of the molecule is CC1CC(C(=O)O)CCN1C1CC(=O)N(C)C1=O. The minimum absolute atomic E-state index is 0.0214. The maximum Gasteiger partial charge on any atom is 0.306 e. The van der Waals surface area contributed by atoms with Crippen molar-refractivity contribution in [1.29, 1.82) is 0 Å². The number of carbonyl (C=O) groups excluding carboxylic acids is 2. The van der Waals surface area contributed by atoms with Crippen molar-refractivity contribution >= 4 is 17.8 Å². The summed E-state index contributed by atoms with van der Waals surface area (Å²) in [5, 5.41) is 9.00. The standard InChI is InChI=1S/C12H18N2O4/c1-7-5-8(12(17)18)3-4-14(7)9-6-10(15)13(2)11(9)16/h7-9H,3-6H2,1-2H3,(H,17,18). The van der Waals surface area contributed by atoms with Crippen LogP contribution in [0, 0.1) is 5.92 Å². The molecule has 1 N–H and O–H groups in total. The summed E-state index contributed by atoms with van der Waals surface area (Å²) in [5.41, 5.74) is 0. The van der Waals surface area contributed by atoms with Crippen molar-refractivity contribution in [3.63, 3.8) is 0 Å². The predicted molar refractivity (Wildman–Crippen MR) is 62.7 cm³/mol. The smallest absolute Gasteiger partial charge is 0.306 e. The monoisotopic (exact) mass is 254 g/mol. The van der Waals surface area contributed by atoms with Gasteiger partial charge in [-0.15, -0.1) is 0 Å². The highest BCUT2D eigenvalue weighted by atomic mass is 16.4. The quantitative estimate of drug-likeness (QED) is 0.698. The van der Waals surface area contributed by atoms with Crippen LogP contribution in [0.1, 0.15) is 26.2 Å². The van der Waals surface area contributed by atoms with Gasteiger partial charge in [-0.2, -0.15) is 0 Å². The average Bonchev–Trinajstić information content (AvgIpc) is 2.57. The van der Waals surface area contributed by atoms with E-state index < -0.39 is 12.0 Å². The molecule has 2 rings (SSSR count). The van der Waals surface area contributed by atoms with Crippen LogP contribution in [0.25, 0.3) is 0 Å². The first-order valence-corrected chi connectivity index (χ1v) is 6.20. The third kappa shape index (κ3) is 2.12. The number of carboxylic acids is 1. The Labute approximate surface area is 106 Å². The van der Waals surface area contributed by atoms with E-state index in [4.69, 9.17) is 5.11 Å². The van der Waals surface area contributed by atoms with E-state index in [0.717, 1.165) is 0 Å². The molecule has 3 atom stereocenters. The average molecular weight is 254 g/mol. The predicted octanol–water partition coefficient (Wildman–Crippen LogP) is -0.0712. The van der Waals surface area contributed by atoms with Gasteiger partial charge in [0.1, 0.15) is 0 Å². The van der Waals surface area contributed by atoms with Crippen LogP contribution in [-0.2, 0) is 14.4 Å². The second kappa shape index (κ2) is 4.68. The summed E-state index contributed by atoms with van der Waals surface area (Å²) in [6.07, 6.45) is 1.30. The number of likely N-dealkylation sites (N-methyl/N-ethyl adjacent to an activating group) is 1. The van der Waals surface area contributed by atoms with Gasteiger partial charge in [0, 0.05) is 19.6 Å². The molecular weight excluding hydrogens is 236 g/mol. The summed E-state index contributed by atoms with van der Waals surface area (Å²) in [6, 6.07) is -0.375. The fraction of sp³-hybridized carbons (Fsp3) is 0.750. The zero-order chi connectivity index (χ0) is 13.4. The maximum absolute atomic E-state index is 11.9. The van der Waals surface area contributed by atoms with Gasteiger partial charge >= 0.3 is 5.97 Å². The second-order valence-electron chi connectivity index (χ2n) is 5.16. The van der Waals surface area contributed by atoms with Crippen molar-refractivity contribution in [2.75, 3.05) is 13.6 Å². The number of hydrogen-bond acceptors (Lipinski definition) is 4. The van der Waals surface area contributed by atoms with Crippen LogP contribution in [0.5, 0.6) is 0 Å². The molecule has 2 aliphatic rings. The first-order chi connectivity index (χ1) is 8.41. The van der Waals surface area contributed by atoms with Crippen molar-refractivity contribution < 1.29 is 19.5 Å². The molecule has 0 saturated carbocycles. The molecule has 3 unspecified atom stereocenters. The zero-order valence-electron chi connectivity index (χ0n) is 10.6. The molecule has 2 saturated heterocycles. The largest absolute Gasteiger partial charge is 0.481 e. The maximum atomic E-state index is 11.9. The minimum atomic E-state index is -0.771. The summed E-state index contributed by atoms with van der Waals surface area (Å²) in [5.74, 6) is -1.42. The van der Waals surface area contributed by atoms with E-state index >= 15 is 0 Å². The van der Waals surface area contributed by atoms with Crippen LogP contribution in [0.15, 0.2) is 0 Å². The Balaban J connectivity index is 2.05. The van der Waals surface area contributed by atoms with Crippen LogP contribution >= 0.6 is 0 Å². The lowest BCUT2D eigenvalue weighted by Gasteiger charge is -2.38. The van der Waals surface area contributed by atoms with Gasteiger partial charge in [0.2, 0.25) is 11.8 Å². The van der Waals surface area contributed by atoms with Gasteiger partial charge in [-0.1, -0.05) is 0 Å². The normalized spacial score (nSPS) is 34.1. The minimum Gasteiger partial charge on any atom is -0.481 e. The van der Waals surface area contributed by atoms with E-state index in [-0.39, 0.29) is 30.2 Å². The molecule has 0 aromatic rings. The van der Waals surface area contributed by atoms with E-state index in [1.807, 2.05) is 11.8 Å². The third-order valence-corrected chi connectivity index (χ3v) is 4.03. The first kappa shape index (κ1) is 13.0. The topological polar surface area (TPSA) is 77.9 Å². The Kier molecular flexibility index (Phi) is 3.38. The van der Waals surface area contributed by atoms with Crippen molar-refractivity contribution in [2.24, 2.45) is 5.92 Å². The van der Waals surface area contributed by atoms with Gasteiger partial charge in [-0.05, 0) is 19.8 Å². The first-order valence-electron chi connectivity index (χ1n) is 6.20. The van der Waals surface area contributed by atoms with E-state index in [2.05, 4.69) is 0 Å². The fourth-order valence-electron chi connectivity index (χ4n) is 2.87. The van der Waals surface area contributed by atoms with Gasteiger partial charge in [0.15, 0.2) is 0 Å². The summed E-state index contributed by atoms with van der Waals surface area (Å²) in [6.45, 7) is 2.49. The number of likely N-dealkylation sites (tertiary alicyclic amines) is 2. The Bertz CT molecular complexity index is 396. The number of amides is 2. The Morgan fingerprint density at radius 1 is 1.39 bits per heavy atom. The van der Waals surface area contributed by atoms with Crippen molar-refractivity contribution in [3.05, 3.63) is 0 Å². The molecule has 2 aliphatic heterocycles. The summed E-state index contributed by atoms with van der Waals surface area (Å²) in [7, 11) is 1.50. The molecule has 0 aromatic carbocycles. The van der Waals surface area contributed by atoms with Crippen molar-refractivity contribution in [2.45, 2.75) is 38.3 Å². The Morgan fingerprint density at radius 3 is 2.50 bits per heavy atom.